The van der Waals surface area contributed by atoms with Crippen LogP contribution in [0.25, 0.3) is 0 Å². The van der Waals surface area contributed by atoms with Crippen molar-refractivity contribution in [1.29, 1.82) is 0 Å². The number of rotatable bonds is 4. The zero-order valence-electron chi connectivity index (χ0n) is 10.6. The fourth-order valence-electron chi connectivity index (χ4n) is 1.71. The normalized spacial score (nSPS) is 10.5. The molecule has 2 nitrogen and oxygen atoms in total. The lowest BCUT2D eigenvalue weighted by Gasteiger charge is -2.10. The predicted octanol–water partition coefficient (Wildman–Crippen LogP) is 4.19. The molecule has 0 aliphatic rings. The van der Waals surface area contributed by atoms with Crippen LogP contribution in [0.4, 0.5) is 4.39 Å². The third kappa shape index (κ3) is 3.55. The van der Waals surface area contributed by atoms with Gasteiger partial charge in [0.2, 0.25) is 0 Å². The van der Waals surface area contributed by atoms with E-state index in [9.17, 15) is 4.39 Å². The molecule has 100 valence electrons. The summed E-state index contributed by atoms with van der Waals surface area (Å²) in [5.74, 6) is 0.868. The molecule has 0 aliphatic carbocycles. The highest BCUT2D eigenvalue weighted by molar-refractivity contribution is 9.10. The van der Waals surface area contributed by atoms with Gasteiger partial charge in [-0.3, -0.25) is 0 Å². The Morgan fingerprint density at radius 2 is 2.00 bits per heavy atom. The van der Waals surface area contributed by atoms with Gasteiger partial charge in [-0.2, -0.15) is 0 Å². The quantitative estimate of drug-likeness (QED) is 0.915. The molecule has 0 aromatic heterocycles. The van der Waals surface area contributed by atoms with E-state index in [-0.39, 0.29) is 5.82 Å². The van der Waals surface area contributed by atoms with E-state index < -0.39 is 0 Å². The summed E-state index contributed by atoms with van der Waals surface area (Å²) in [7, 11) is 0. The van der Waals surface area contributed by atoms with Crippen LogP contribution in [0.5, 0.6) is 11.5 Å². The highest BCUT2D eigenvalue weighted by atomic mass is 79.9. The van der Waals surface area contributed by atoms with Crippen molar-refractivity contribution >= 4 is 15.9 Å². The third-order valence-corrected chi connectivity index (χ3v) is 3.42. The van der Waals surface area contributed by atoms with E-state index >= 15 is 0 Å². The predicted molar refractivity (Wildman–Crippen MR) is 78.1 cm³/mol. The maximum atomic E-state index is 13.4. The summed E-state index contributed by atoms with van der Waals surface area (Å²) < 4.78 is 19.9. The Kier molecular flexibility index (Phi) is 4.56. The van der Waals surface area contributed by atoms with Gasteiger partial charge in [0.1, 0.15) is 17.3 Å². The minimum absolute atomic E-state index is 0.270. The van der Waals surface area contributed by atoms with Crippen molar-refractivity contribution < 1.29 is 9.13 Å². The molecule has 2 aromatic carbocycles. The monoisotopic (exact) mass is 323 g/mol. The van der Waals surface area contributed by atoms with Crippen LogP contribution >= 0.6 is 15.9 Å². The van der Waals surface area contributed by atoms with Gasteiger partial charge in [-0.1, -0.05) is 12.1 Å². The Hall–Kier alpha value is -1.39. The largest absolute Gasteiger partial charge is 0.456 e. The lowest BCUT2D eigenvalue weighted by atomic mass is 10.1. The smallest absolute Gasteiger partial charge is 0.141 e. The van der Waals surface area contributed by atoms with E-state index in [0.717, 1.165) is 16.5 Å². The lowest BCUT2D eigenvalue weighted by Crippen LogP contribution is -2.02. The summed E-state index contributed by atoms with van der Waals surface area (Å²) in [6.07, 6.45) is 0.817. The van der Waals surface area contributed by atoms with Crippen molar-refractivity contribution in [3.8, 4) is 11.5 Å². The Labute approximate surface area is 120 Å². The molecule has 0 amide bonds. The average Bonchev–Trinajstić information content (AvgIpc) is 2.37. The maximum absolute atomic E-state index is 13.4. The minimum Gasteiger partial charge on any atom is -0.456 e. The van der Waals surface area contributed by atoms with E-state index in [1.807, 2.05) is 18.2 Å². The van der Waals surface area contributed by atoms with Crippen molar-refractivity contribution in [2.75, 3.05) is 6.54 Å². The molecule has 2 N–H and O–H groups in total. The van der Waals surface area contributed by atoms with Crippen molar-refractivity contribution in [2.24, 2.45) is 5.73 Å². The van der Waals surface area contributed by atoms with E-state index in [4.69, 9.17) is 10.5 Å². The summed E-state index contributed by atoms with van der Waals surface area (Å²) in [6.45, 7) is 2.33. The summed E-state index contributed by atoms with van der Waals surface area (Å²) >= 11 is 3.45. The second-order valence-corrected chi connectivity index (χ2v) is 5.17. The first kappa shape index (κ1) is 14.0. The zero-order valence-corrected chi connectivity index (χ0v) is 12.2. The summed E-state index contributed by atoms with van der Waals surface area (Å²) in [4.78, 5) is 0. The molecule has 0 aliphatic heterocycles. The van der Waals surface area contributed by atoms with Gasteiger partial charge in [-0.05, 0) is 65.1 Å². The fraction of sp³-hybridized carbons (Fsp3) is 0.200. The maximum Gasteiger partial charge on any atom is 0.141 e. The number of halogens is 2. The SMILES string of the molecule is Cc1ccc(Oc2ccc(CCN)cc2Br)cc1F. The second-order valence-electron chi connectivity index (χ2n) is 4.32. The van der Waals surface area contributed by atoms with Gasteiger partial charge in [0.05, 0.1) is 4.47 Å². The number of ether oxygens (including phenoxy) is 1. The van der Waals surface area contributed by atoms with Gasteiger partial charge in [-0.25, -0.2) is 4.39 Å². The van der Waals surface area contributed by atoms with Gasteiger partial charge in [0, 0.05) is 6.07 Å². The van der Waals surface area contributed by atoms with Crippen molar-refractivity contribution in [2.45, 2.75) is 13.3 Å². The number of benzene rings is 2. The molecule has 4 heteroatoms. The molecule has 0 fully saturated rings. The van der Waals surface area contributed by atoms with Crippen LogP contribution in [0.2, 0.25) is 0 Å². The molecule has 0 heterocycles. The Bertz CT molecular complexity index is 586. The molecule has 0 unspecified atom stereocenters. The van der Waals surface area contributed by atoms with Crippen molar-refractivity contribution in [1.82, 2.24) is 0 Å². The Morgan fingerprint density at radius 3 is 2.63 bits per heavy atom. The van der Waals surface area contributed by atoms with E-state index in [1.165, 1.54) is 6.07 Å². The highest BCUT2D eigenvalue weighted by Gasteiger charge is 2.06. The van der Waals surface area contributed by atoms with E-state index in [0.29, 0.717) is 23.6 Å². The number of hydrogen-bond donors (Lipinski definition) is 1. The molecule has 0 spiro atoms. The van der Waals surface area contributed by atoms with Crippen LogP contribution in [0.3, 0.4) is 0 Å². The molecule has 19 heavy (non-hydrogen) atoms. The third-order valence-electron chi connectivity index (χ3n) is 2.80. The molecule has 0 bridgehead atoms. The van der Waals surface area contributed by atoms with Gasteiger partial charge in [0.15, 0.2) is 0 Å². The first-order valence-electron chi connectivity index (χ1n) is 6.02. The van der Waals surface area contributed by atoms with Crippen LogP contribution < -0.4 is 10.5 Å². The van der Waals surface area contributed by atoms with Crippen LogP contribution in [-0.4, -0.2) is 6.54 Å². The molecule has 0 atom stereocenters. The summed E-state index contributed by atoms with van der Waals surface area (Å²) in [6, 6.07) is 10.6. The number of aryl methyl sites for hydroxylation is 1. The standard InChI is InChI=1S/C15H15BrFNO/c1-10-2-4-12(9-14(10)17)19-15-5-3-11(6-7-18)8-13(15)16/h2-5,8-9H,6-7,18H2,1H3. The van der Waals surface area contributed by atoms with Gasteiger partial charge in [-0.15, -0.1) is 0 Å². The van der Waals surface area contributed by atoms with Crippen molar-refractivity contribution in [3.63, 3.8) is 0 Å². The minimum atomic E-state index is -0.270. The van der Waals surface area contributed by atoms with Crippen LogP contribution in [-0.2, 0) is 6.42 Å². The van der Waals surface area contributed by atoms with Gasteiger partial charge in [0.25, 0.3) is 0 Å². The summed E-state index contributed by atoms with van der Waals surface area (Å²) in [5, 5.41) is 0. The van der Waals surface area contributed by atoms with E-state index in [1.54, 1.807) is 19.1 Å². The Morgan fingerprint density at radius 1 is 1.21 bits per heavy atom. The summed E-state index contributed by atoms with van der Waals surface area (Å²) in [5.41, 5.74) is 7.25. The molecule has 0 saturated heterocycles. The first-order valence-corrected chi connectivity index (χ1v) is 6.82. The van der Waals surface area contributed by atoms with Gasteiger partial charge >= 0.3 is 0 Å². The topological polar surface area (TPSA) is 35.2 Å². The lowest BCUT2D eigenvalue weighted by molar-refractivity contribution is 0.473. The molecular weight excluding hydrogens is 309 g/mol. The van der Waals surface area contributed by atoms with Gasteiger partial charge < -0.3 is 10.5 Å². The second kappa shape index (κ2) is 6.17. The zero-order chi connectivity index (χ0) is 13.8. The molecule has 0 radical (unpaired) electrons. The van der Waals surface area contributed by atoms with Crippen LogP contribution in [0.15, 0.2) is 40.9 Å². The average molecular weight is 324 g/mol. The molecular formula is C15H15BrFNO. The highest BCUT2D eigenvalue weighted by Crippen LogP contribution is 2.31. The number of nitrogens with two attached hydrogens (primary N) is 1. The molecule has 0 saturated carbocycles. The van der Waals surface area contributed by atoms with Crippen LogP contribution in [0, 0.1) is 12.7 Å². The fourth-order valence-corrected chi connectivity index (χ4v) is 2.22. The van der Waals surface area contributed by atoms with E-state index in [2.05, 4.69) is 15.9 Å². The van der Waals surface area contributed by atoms with Crippen LogP contribution in [0.1, 0.15) is 11.1 Å². The number of hydrogen-bond acceptors (Lipinski definition) is 2. The Balaban J connectivity index is 2.20. The molecule has 2 rings (SSSR count). The van der Waals surface area contributed by atoms with Crippen molar-refractivity contribution in [3.05, 3.63) is 57.8 Å². The first-order chi connectivity index (χ1) is 9.10. The molecule has 2 aromatic rings.